The Labute approximate surface area is 113 Å². The highest BCUT2D eigenvalue weighted by Gasteiger charge is 2.12. The van der Waals surface area contributed by atoms with E-state index in [1.54, 1.807) is 12.1 Å². The lowest BCUT2D eigenvalue weighted by molar-refractivity contribution is -0.143. The average molecular weight is 284 g/mol. The topological polar surface area (TPSA) is 86.5 Å². The number of rotatable bonds is 4. The molecule has 2 heterocycles. The van der Waals surface area contributed by atoms with Gasteiger partial charge in [0.05, 0.1) is 7.11 Å². The normalized spacial score (nSPS) is 10.2. The van der Waals surface area contributed by atoms with Crippen LogP contribution in [-0.4, -0.2) is 39.8 Å². The zero-order valence-electron chi connectivity index (χ0n) is 9.91. The Morgan fingerprint density at radius 1 is 1.53 bits per heavy atom. The Morgan fingerprint density at radius 2 is 2.32 bits per heavy atom. The number of hydrogen-bond donors (Lipinski definition) is 1. The summed E-state index contributed by atoms with van der Waals surface area (Å²) in [6.45, 7) is -0.286. The van der Waals surface area contributed by atoms with Crippen molar-refractivity contribution >= 4 is 17.6 Å². The van der Waals surface area contributed by atoms with Crippen molar-refractivity contribution in [2.45, 2.75) is 0 Å². The first kappa shape index (κ1) is 13.2. The molecule has 19 heavy (non-hydrogen) atoms. The van der Waals surface area contributed by atoms with Gasteiger partial charge in [-0.3, -0.25) is 0 Å². The summed E-state index contributed by atoms with van der Waals surface area (Å²) < 4.78 is 9.47. The van der Waals surface area contributed by atoms with Crippen LogP contribution in [0.4, 0.5) is 0 Å². The molecule has 1 N–H and O–H groups in total. The van der Waals surface area contributed by atoms with Gasteiger partial charge >= 0.3 is 5.97 Å². The Kier molecular flexibility index (Phi) is 3.86. The third kappa shape index (κ3) is 3.14. The summed E-state index contributed by atoms with van der Waals surface area (Å²) in [5.74, 6) is -0.444. The number of carbonyl (C=O) groups is 1. The van der Waals surface area contributed by atoms with Crippen molar-refractivity contribution in [3.05, 3.63) is 29.5 Å². The number of carbonyl (C=O) groups excluding carboxylic acids is 1. The smallest absolute Gasteiger partial charge is 0.343 e. The Hall–Kier alpha value is -2.28. The quantitative estimate of drug-likeness (QED) is 0.518. The fraction of sp³-hybridized carbons (Fsp3) is 0.182. The highest BCUT2D eigenvalue weighted by molar-refractivity contribution is 6.29. The third-order valence-electron chi connectivity index (χ3n) is 2.26. The molecule has 0 aliphatic heterocycles. The fourth-order valence-corrected chi connectivity index (χ4v) is 1.45. The van der Waals surface area contributed by atoms with Crippen molar-refractivity contribution < 1.29 is 19.5 Å². The molecule has 0 amide bonds. The van der Waals surface area contributed by atoms with Crippen molar-refractivity contribution in [2.24, 2.45) is 0 Å². The highest BCUT2D eigenvalue weighted by atomic mass is 35.5. The van der Waals surface area contributed by atoms with Gasteiger partial charge in [-0.05, 0) is 12.1 Å². The molecule has 0 aliphatic rings. The third-order valence-corrected chi connectivity index (χ3v) is 2.48. The average Bonchev–Trinajstić information content (AvgIpc) is 2.78. The van der Waals surface area contributed by atoms with Gasteiger partial charge in [0.15, 0.2) is 6.61 Å². The summed E-state index contributed by atoms with van der Waals surface area (Å²) in [6.07, 6.45) is 1.48. The fourth-order valence-electron chi connectivity index (χ4n) is 1.34. The van der Waals surface area contributed by atoms with Gasteiger partial charge in [-0.2, -0.15) is 0 Å². The zero-order chi connectivity index (χ0) is 13.8. The molecule has 100 valence electrons. The lowest BCUT2D eigenvalue weighted by Gasteiger charge is -1.98. The van der Waals surface area contributed by atoms with Gasteiger partial charge in [0.2, 0.25) is 5.88 Å². The summed E-state index contributed by atoms with van der Waals surface area (Å²) in [5.41, 5.74) is 0.969. The monoisotopic (exact) mass is 283 g/mol. The van der Waals surface area contributed by atoms with Crippen LogP contribution >= 0.6 is 11.6 Å². The number of nitrogens with zero attached hydrogens (tertiary/aromatic N) is 3. The van der Waals surface area contributed by atoms with Crippen LogP contribution in [-0.2, 0) is 9.53 Å². The first-order chi connectivity index (χ1) is 9.10. The van der Waals surface area contributed by atoms with Crippen LogP contribution in [0, 0.1) is 0 Å². The summed E-state index contributed by atoms with van der Waals surface area (Å²) >= 11 is 5.67. The second-order valence-corrected chi connectivity index (χ2v) is 3.88. The SMILES string of the molecule is COC(=O)COc1cc(-c2ccc(Cl)nc2)n(O)n1. The van der Waals surface area contributed by atoms with Crippen LogP contribution in [0.2, 0.25) is 5.15 Å². The molecule has 0 atom stereocenters. The van der Waals surface area contributed by atoms with E-state index in [4.69, 9.17) is 16.3 Å². The molecule has 0 bridgehead atoms. The van der Waals surface area contributed by atoms with E-state index in [2.05, 4.69) is 14.8 Å². The molecule has 0 radical (unpaired) electrons. The highest BCUT2D eigenvalue weighted by Crippen LogP contribution is 2.23. The molecule has 8 heteroatoms. The predicted octanol–water partition coefficient (Wildman–Crippen LogP) is 1.39. The van der Waals surface area contributed by atoms with Crippen molar-refractivity contribution in [3.63, 3.8) is 0 Å². The molecule has 2 aromatic heterocycles. The van der Waals surface area contributed by atoms with Crippen LogP contribution in [0.1, 0.15) is 0 Å². The maximum atomic E-state index is 10.9. The molecule has 0 spiro atoms. The van der Waals surface area contributed by atoms with Crippen molar-refractivity contribution in [3.8, 4) is 17.1 Å². The van der Waals surface area contributed by atoms with Gasteiger partial charge in [0.25, 0.3) is 0 Å². The van der Waals surface area contributed by atoms with Gasteiger partial charge in [-0.25, -0.2) is 9.78 Å². The van der Waals surface area contributed by atoms with Crippen LogP contribution in [0.5, 0.6) is 5.88 Å². The molecule has 0 saturated heterocycles. The summed E-state index contributed by atoms with van der Waals surface area (Å²) in [6, 6.07) is 4.72. The van der Waals surface area contributed by atoms with E-state index in [9.17, 15) is 10.0 Å². The van der Waals surface area contributed by atoms with E-state index >= 15 is 0 Å². The molecular weight excluding hydrogens is 274 g/mol. The molecule has 0 saturated carbocycles. The van der Waals surface area contributed by atoms with Crippen molar-refractivity contribution in [1.29, 1.82) is 0 Å². The minimum Gasteiger partial charge on any atom is -0.466 e. The van der Waals surface area contributed by atoms with Crippen LogP contribution in [0.15, 0.2) is 24.4 Å². The second kappa shape index (κ2) is 5.57. The number of pyridine rings is 1. The number of halogens is 1. The number of aromatic nitrogens is 3. The largest absolute Gasteiger partial charge is 0.466 e. The van der Waals surface area contributed by atoms with E-state index in [0.717, 1.165) is 0 Å². The molecule has 0 fully saturated rings. The van der Waals surface area contributed by atoms with Crippen molar-refractivity contribution in [1.82, 2.24) is 14.9 Å². The summed E-state index contributed by atoms with van der Waals surface area (Å²) in [7, 11) is 1.25. The maximum Gasteiger partial charge on any atom is 0.343 e. The van der Waals surface area contributed by atoms with E-state index in [1.165, 1.54) is 19.4 Å². The molecule has 7 nitrogen and oxygen atoms in total. The lowest BCUT2D eigenvalue weighted by atomic mass is 10.2. The minimum atomic E-state index is -0.540. The molecule has 0 unspecified atom stereocenters. The van der Waals surface area contributed by atoms with Gasteiger partial charge in [0, 0.05) is 17.8 Å². The Balaban J connectivity index is 2.16. The second-order valence-electron chi connectivity index (χ2n) is 3.49. The standard InChI is InChI=1S/C11H10ClN3O4/c1-18-11(16)6-19-10-4-8(15(17)14-10)7-2-3-9(12)13-5-7/h2-5,17H,6H2,1H3. The molecule has 2 aromatic rings. The van der Waals surface area contributed by atoms with E-state index in [0.29, 0.717) is 21.3 Å². The van der Waals surface area contributed by atoms with E-state index < -0.39 is 5.97 Å². The maximum absolute atomic E-state index is 10.9. The Bertz CT molecular complexity index is 582. The molecule has 0 aliphatic carbocycles. The first-order valence-electron chi connectivity index (χ1n) is 5.21. The number of esters is 1. The Morgan fingerprint density at radius 3 is 2.95 bits per heavy atom. The number of methoxy groups -OCH3 is 1. The molecule has 0 aromatic carbocycles. The van der Waals surface area contributed by atoms with Crippen LogP contribution in [0.3, 0.4) is 0 Å². The van der Waals surface area contributed by atoms with Gasteiger partial charge in [-0.1, -0.05) is 21.5 Å². The lowest BCUT2D eigenvalue weighted by Crippen LogP contribution is -2.12. The zero-order valence-corrected chi connectivity index (χ0v) is 10.7. The van der Waals surface area contributed by atoms with Gasteiger partial charge in [0.1, 0.15) is 10.8 Å². The minimum absolute atomic E-state index is 0.0952. The van der Waals surface area contributed by atoms with Gasteiger partial charge in [-0.15, -0.1) is 0 Å². The predicted molar refractivity (Wildman–Crippen MR) is 65.2 cm³/mol. The molecular formula is C11H10ClN3O4. The van der Waals surface area contributed by atoms with Gasteiger partial charge < -0.3 is 14.7 Å². The summed E-state index contributed by atoms with van der Waals surface area (Å²) in [5, 5.41) is 13.7. The number of ether oxygens (including phenoxy) is 2. The van der Waals surface area contributed by atoms with E-state index in [-0.39, 0.29) is 12.5 Å². The number of hydrogen-bond acceptors (Lipinski definition) is 6. The molecule has 2 rings (SSSR count). The van der Waals surface area contributed by atoms with Crippen molar-refractivity contribution in [2.75, 3.05) is 13.7 Å². The summed E-state index contributed by atoms with van der Waals surface area (Å²) in [4.78, 5) is 15.4. The van der Waals surface area contributed by atoms with Crippen LogP contribution < -0.4 is 4.74 Å². The van der Waals surface area contributed by atoms with Crippen LogP contribution in [0.25, 0.3) is 11.3 Å². The van der Waals surface area contributed by atoms with E-state index in [1.807, 2.05) is 0 Å². The first-order valence-corrected chi connectivity index (χ1v) is 5.59.